The lowest BCUT2D eigenvalue weighted by Crippen LogP contribution is -2.55. The highest BCUT2D eigenvalue weighted by atomic mass is 32.3. The fraction of sp³-hybridized carbons (Fsp3) is 0.480. The van der Waals surface area contributed by atoms with Crippen LogP contribution in [-0.4, -0.2) is 42.2 Å². The minimum absolute atomic E-state index is 0.259. The summed E-state index contributed by atoms with van der Waals surface area (Å²) in [5, 5.41) is 11.9. The molecule has 0 amide bonds. The van der Waals surface area contributed by atoms with Gasteiger partial charge in [0.25, 0.3) is 0 Å². The number of hydrogen-bond donors (Lipinski definition) is 3. The van der Waals surface area contributed by atoms with E-state index in [1.807, 2.05) is 43.3 Å². The topological polar surface area (TPSA) is 80.1 Å². The zero-order chi connectivity index (χ0) is 22.5. The number of nitrogens with zero attached hydrogens (tertiary/aromatic N) is 3. The third kappa shape index (κ3) is 3.81. The maximum absolute atomic E-state index is 10.8. The van der Waals surface area contributed by atoms with Crippen LogP contribution in [0, 0.1) is 6.92 Å². The SMILES string of the molecule is Cc1cccc(N2[C@]3(C=CS2(O)O)CCN(Cc2ccc(O)c(C4CCC4)c2)[C@@H](C)C3)n1. The fourth-order valence-electron chi connectivity index (χ4n) is 5.48. The van der Waals surface area contributed by atoms with Gasteiger partial charge in [0, 0.05) is 30.2 Å². The van der Waals surface area contributed by atoms with Crippen molar-refractivity contribution in [2.75, 3.05) is 10.8 Å². The van der Waals surface area contributed by atoms with Crippen molar-refractivity contribution >= 4 is 16.6 Å². The lowest BCUT2D eigenvalue weighted by Gasteiger charge is -2.51. The van der Waals surface area contributed by atoms with Gasteiger partial charge in [0.2, 0.25) is 0 Å². The number of phenolic OH excluding ortho intramolecular Hbond substituents is 1. The van der Waals surface area contributed by atoms with Crippen molar-refractivity contribution in [2.24, 2.45) is 0 Å². The Morgan fingerprint density at radius 2 is 2.00 bits per heavy atom. The van der Waals surface area contributed by atoms with Crippen LogP contribution in [0.3, 0.4) is 0 Å². The summed E-state index contributed by atoms with van der Waals surface area (Å²) in [4.78, 5) is 7.07. The predicted molar refractivity (Wildman–Crippen MR) is 130 cm³/mol. The number of pyridine rings is 1. The van der Waals surface area contributed by atoms with Crippen molar-refractivity contribution in [3.63, 3.8) is 0 Å². The molecule has 5 rings (SSSR count). The van der Waals surface area contributed by atoms with Crippen molar-refractivity contribution in [2.45, 2.75) is 70.0 Å². The lowest BCUT2D eigenvalue weighted by molar-refractivity contribution is 0.119. The van der Waals surface area contributed by atoms with E-state index in [1.165, 1.54) is 24.8 Å². The number of aromatic nitrogens is 1. The van der Waals surface area contributed by atoms with Gasteiger partial charge in [-0.3, -0.25) is 14.0 Å². The molecule has 1 aromatic heterocycles. The molecule has 1 aromatic carbocycles. The van der Waals surface area contributed by atoms with Crippen molar-refractivity contribution < 1.29 is 14.2 Å². The number of phenols is 1. The van der Waals surface area contributed by atoms with Gasteiger partial charge in [0.1, 0.15) is 11.6 Å². The molecule has 3 aliphatic rings. The molecular formula is C25H33N3O3S. The highest BCUT2D eigenvalue weighted by Crippen LogP contribution is 2.59. The first kappa shape index (κ1) is 21.8. The highest BCUT2D eigenvalue weighted by molar-refractivity contribution is 8.28. The van der Waals surface area contributed by atoms with E-state index in [0.717, 1.165) is 37.2 Å². The quantitative estimate of drug-likeness (QED) is 0.542. The van der Waals surface area contributed by atoms with E-state index in [4.69, 9.17) is 0 Å². The predicted octanol–water partition coefficient (Wildman–Crippen LogP) is 5.79. The Kier molecular flexibility index (Phi) is 5.48. The van der Waals surface area contributed by atoms with E-state index in [0.29, 0.717) is 17.5 Å². The molecule has 6 nitrogen and oxygen atoms in total. The van der Waals surface area contributed by atoms with Crippen LogP contribution < -0.4 is 4.31 Å². The molecule has 172 valence electrons. The van der Waals surface area contributed by atoms with Gasteiger partial charge in [-0.05, 0) is 80.9 Å². The second kappa shape index (κ2) is 8.06. The van der Waals surface area contributed by atoms with Gasteiger partial charge in [-0.1, -0.05) is 35.4 Å². The molecule has 2 atom stereocenters. The fourth-order valence-corrected chi connectivity index (χ4v) is 7.17. The first-order valence-corrected chi connectivity index (χ1v) is 13.1. The molecule has 3 heterocycles. The molecule has 2 aromatic rings. The van der Waals surface area contributed by atoms with Gasteiger partial charge in [-0.25, -0.2) is 9.29 Å². The summed E-state index contributed by atoms with van der Waals surface area (Å²) in [7, 11) is -3.04. The second-order valence-electron chi connectivity index (χ2n) is 9.69. The number of piperidine rings is 1. The Bertz CT molecular complexity index is 1040. The van der Waals surface area contributed by atoms with Crippen molar-refractivity contribution in [1.82, 2.24) is 9.88 Å². The average molecular weight is 456 g/mol. The minimum atomic E-state index is -3.04. The Morgan fingerprint density at radius 3 is 2.69 bits per heavy atom. The molecular weight excluding hydrogens is 422 g/mol. The summed E-state index contributed by atoms with van der Waals surface area (Å²) >= 11 is 0. The smallest absolute Gasteiger partial charge is 0.148 e. The molecule has 32 heavy (non-hydrogen) atoms. The van der Waals surface area contributed by atoms with E-state index in [1.54, 1.807) is 9.71 Å². The van der Waals surface area contributed by atoms with E-state index >= 15 is 0 Å². The number of rotatable bonds is 4. The van der Waals surface area contributed by atoms with Crippen molar-refractivity contribution in [3.8, 4) is 5.75 Å². The van der Waals surface area contributed by atoms with E-state index < -0.39 is 16.3 Å². The third-order valence-electron chi connectivity index (χ3n) is 7.44. The van der Waals surface area contributed by atoms with E-state index in [9.17, 15) is 14.2 Å². The molecule has 1 aliphatic carbocycles. The first-order valence-electron chi connectivity index (χ1n) is 11.5. The first-order chi connectivity index (χ1) is 15.3. The van der Waals surface area contributed by atoms with Crippen LogP contribution in [0.4, 0.5) is 5.82 Å². The largest absolute Gasteiger partial charge is 0.508 e. The Morgan fingerprint density at radius 1 is 1.19 bits per heavy atom. The summed E-state index contributed by atoms with van der Waals surface area (Å²) in [5.41, 5.74) is 2.75. The van der Waals surface area contributed by atoms with Crippen LogP contribution >= 0.6 is 10.8 Å². The number of likely N-dealkylation sites (tertiary alicyclic amines) is 1. The highest BCUT2D eigenvalue weighted by Gasteiger charge is 2.50. The second-order valence-corrected chi connectivity index (χ2v) is 11.5. The Labute approximate surface area is 192 Å². The van der Waals surface area contributed by atoms with Gasteiger partial charge in [-0.15, -0.1) is 0 Å². The normalized spacial score (nSPS) is 28.8. The van der Waals surface area contributed by atoms with Crippen LogP contribution in [0.25, 0.3) is 0 Å². The summed E-state index contributed by atoms with van der Waals surface area (Å²) < 4.78 is 23.4. The van der Waals surface area contributed by atoms with Gasteiger partial charge in [0.05, 0.1) is 5.54 Å². The molecule has 1 spiro atoms. The van der Waals surface area contributed by atoms with Crippen LogP contribution in [0.2, 0.25) is 0 Å². The Balaban J connectivity index is 1.35. The maximum atomic E-state index is 10.8. The number of benzene rings is 1. The molecule has 0 radical (unpaired) electrons. The third-order valence-corrected chi connectivity index (χ3v) is 9.03. The maximum Gasteiger partial charge on any atom is 0.148 e. The van der Waals surface area contributed by atoms with Crippen LogP contribution in [0.5, 0.6) is 5.75 Å². The number of hydrogen-bond acceptors (Lipinski definition) is 6. The summed E-state index contributed by atoms with van der Waals surface area (Å²) in [5.74, 6) is 1.55. The molecule has 3 N–H and O–H groups in total. The van der Waals surface area contributed by atoms with Gasteiger partial charge in [0.15, 0.2) is 0 Å². The van der Waals surface area contributed by atoms with Crippen LogP contribution in [-0.2, 0) is 6.54 Å². The molecule has 0 bridgehead atoms. The average Bonchev–Trinajstić information content (AvgIpc) is 2.95. The lowest BCUT2D eigenvalue weighted by atomic mass is 9.79. The number of aryl methyl sites for hydroxylation is 1. The molecule has 7 heteroatoms. The number of aromatic hydroxyl groups is 1. The number of anilines is 1. The van der Waals surface area contributed by atoms with Crippen molar-refractivity contribution in [3.05, 3.63) is 64.7 Å². The standard InChI is InChI=1S/C25H33N3O3S/c1-18-5-3-8-24(26-18)28-25(12-14-32(28,30)31)11-13-27(19(2)16-25)17-20-9-10-23(29)22(15-20)21-6-4-7-21/h3,5,8-10,12,14-15,19,21,29-31H,4,6-7,11,13,16-17H2,1-2H3/t19-,25-/m0/s1. The Hall–Kier alpha value is -2.06. The minimum Gasteiger partial charge on any atom is -0.508 e. The molecule has 2 aliphatic heterocycles. The molecule has 1 saturated carbocycles. The molecule has 0 unspecified atom stereocenters. The summed E-state index contributed by atoms with van der Waals surface area (Å²) in [6.07, 6.45) is 7.17. The van der Waals surface area contributed by atoms with Gasteiger partial charge < -0.3 is 5.11 Å². The summed E-state index contributed by atoms with van der Waals surface area (Å²) in [6.45, 7) is 5.82. The van der Waals surface area contributed by atoms with Gasteiger partial charge in [-0.2, -0.15) is 0 Å². The van der Waals surface area contributed by atoms with Crippen molar-refractivity contribution in [1.29, 1.82) is 0 Å². The van der Waals surface area contributed by atoms with E-state index in [2.05, 4.69) is 22.9 Å². The molecule has 2 fully saturated rings. The zero-order valence-electron chi connectivity index (χ0n) is 18.8. The molecule has 1 saturated heterocycles. The van der Waals surface area contributed by atoms with Crippen LogP contribution in [0.15, 0.2) is 47.9 Å². The monoisotopic (exact) mass is 455 g/mol. The van der Waals surface area contributed by atoms with Crippen LogP contribution in [0.1, 0.15) is 61.8 Å². The van der Waals surface area contributed by atoms with E-state index in [-0.39, 0.29) is 6.04 Å². The summed E-state index contributed by atoms with van der Waals surface area (Å²) in [6, 6.07) is 12.0. The zero-order valence-corrected chi connectivity index (χ0v) is 19.6. The van der Waals surface area contributed by atoms with Gasteiger partial charge >= 0.3 is 0 Å².